The number of hydrogen-bond donors (Lipinski definition) is 4. The van der Waals surface area contributed by atoms with Gasteiger partial charge in [-0.05, 0) is 54.0 Å². The van der Waals surface area contributed by atoms with Crippen molar-refractivity contribution < 1.29 is 37.3 Å². The Bertz CT molecular complexity index is 1580. The van der Waals surface area contributed by atoms with Crippen molar-refractivity contribution >= 4 is 31.5 Å². The summed E-state index contributed by atoms with van der Waals surface area (Å²) in [5.41, 5.74) is 7.50. The highest BCUT2D eigenvalue weighted by atomic mass is 31.2. The first kappa shape index (κ1) is 43.9. The van der Waals surface area contributed by atoms with Crippen LogP contribution in [0.4, 0.5) is 0 Å². The molecule has 294 valence electrons. The summed E-state index contributed by atoms with van der Waals surface area (Å²) < 4.78 is 31.2. The Balaban J connectivity index is 1.73. The van der Waals surface area contributed by atoms with Crippen molar-refractivity contribution in [3.63, 3.8) is 0 Å². The van der Waals surface area contributed by atoms with E-state index in [1.54, 1.807) is 24.3 Å². The topological polar surface area (TPSA) is 175 Å². The van der Waals surface area contributed by atoms with E-state index in [-0.39, 0.29) is 55.4 Å². The van der Waals surface area contributed by atoms with E-state index >= 15 is 0 Å². The summed E-state index contributed by atoms with van der Waals surface area (Å²) in [6, 6.07) is 23.4. The van der Waals surface area contributed by atoms with Gasteiger partial charge in [0.2, 0.25) is 23.6 Å². The lowest BCUT2D eigenvalue weighted by Crippen LogP contribution is -2.56. The maximum Gasteiger partial charge on any atom is 0.530 e. The van der Waals surface area contributed by atoms with Crippen LogP contribution >= 0.6 is 7.82 Å². The fourth-order valence-corrected chi connectivity index (χ4v) is 6.66. The third kappa shape index (κ3) is 16.7. The Morgan fingerprint density at radius 2 is 1.30 bits per heavy atom. The molecule has 0 aliphatic rings. The van der Waals surface area contributed by atoms with Crippen LogP contribution in [0, 0.1) is 5.92 Å². The van der Waals surface area contributed by atoms with Crippen LogP contribution in [0.25, 0.3) is 0 Å². The van der Waals surface area contributed by atoms with Gasteiger partial charge in [0.1, 0.15) is 17.8 Å². The second-order valence-electron chi connectivity index (χ2n) is 13.4. The monoisotopic (exact) mass is 764 g/mol. The number of amides is 4. The van der Waals surface area contributed by atoms with Crippen molar-refractivity contribution in [1.82, 2.24) is 16.0 Å². The molecular weight excluding hydrogens is 707 g/mol. The van der Waals surface area contributed by atoms with E-state index in [9.17, 15) is 23.7 Å². The van der Waals surface area contributed by atoms with Crippen molar-refractivity contribution in [3.8, 4) is 5.75 Å². The van der Waals surface area contributed by atoms with E-state index in [1.807, 2.05) is 81.4 Å². The summed E-state index contributed by atoms with van der Waals surface area (Å²) in [7, 11) is -4.10. The van der Waals surface area contributed by atoms with Crippen LogP contribution in [-0.2, 0) is 52.4 Å². The molecular formula is C41H57N4O8P. The molecule has 3 aromatic carbocycles. The number of nitrogens with two attached hydrogens (primary N) is 1. The minimum Gasteiger partial charge on any atom is -0.404 e. The van der Waals surface area contributed by atoms with Gasteiger partial charge in [0.05, 0.1) is 13.2 Å². The lowest BCUT2D eigenvalue weighted by atomic mass is 9.97. The Morgan fingerprint density at radius 3 is 1.85 bits per heavy atom. The van der Waals surface area contributed by atoms with Gasteiger partial charge in [0.15, 0.2) is 0 Å². The number of carbonyl (C=O) groups is 4. The first-order valence-corrected chi connectivity index (χ1v) is 20.4. The molecule has 3 atom stereocenters. The smallest absolute Gasteiger partial charge is 0.404 e. The van der Waals surface area contributed by atoms with Gasteiger partial charge in [-0.3, -0.25) is 28.2 Å². The second-order valence-corrected chi connectivity index (χ2v) is 15.0. The third-order valence-corrected chi connectivity index (χ3v) is 10.2. The van der Waals surface area contributed by atoms with Crippen LogP contribution in [0.5, 0.6) is 5.75 Å². The van der Waals surface area contributed by atoms with Crippen molar-refractivity contribution in [2.45, 2.75) is 110 Å². The van der Waals surface area contributed by atoms with E-state index in [1.165, 1.54) is 0 Å². The molecule has 4 amide bonds. The van der Waals surface area contributed by atoms with Gasteiger partial charge in [-0.25, -0.2) is 4.57 Å². The number of hydrogen-bond acceptors (Lipinski definition) is 8. The zero-order chi connectivity index (χ0) is 39.2. The van der Waals surface area contributed by atoms with Crippen molar-refractivity contribution in [3.05, 3.63) is 102 Å². The molecule has 12 nitrogen and oxygen atoms in total. The van der Waals surface area contributed by atoms with Gasteiger partial charge < -0.3 is 26.2 Å². The molecule has 0 aliphatic carbocycles. The summed E-state index contributed by atoms with van der Waals surface area (Å²) in [6.45, 7) is 6.29. The number of rotatable bonds is 26. The number of nitrogens with one attached hydrogen (secondary N) is 3. The van der Waals surface area contributed by atoms with E-state index in [2.05, 4.69) is 16.0 Å². The molecule has 0 bridgehead atoms. The van der Waals surface area contributed by atoms with Crippen LogP contribution in [0.15, 0.2) is 84.9 Å². The fraction of sp³-hybridized carbons (Fsp3) is 0.463. The predicted octanol–water partition coefficient (Wildman–Crippen LogP) is 6.91. The van der Waals surface area contributed by atoms with Gasteiger partial charge in [0, 0.05) is 25.8 Å². The lowest BCUT2D eigenvalue weighted by Gasteiger charge is -2.27. The van der Waals surface area contributed by atoms with Gasteiger partial charge in [-0.15, -0.1) is 0 Å². The van der Waals surface area contributed by atoms with Gasteiger partial charge in [0.25, 0.3) is 0 Å². The molecule has 3 unspecified atom stereocenters. The highest BCUT2D eigenvalue weighted by Crippen LogP contribution is 2.51. The maximum absolute atomic E-state index is 13.9. The van der Waals surface area contributed by atoms with Crippen molar-refractivity contribution in [2.24, 2.45) is 11.7 Å². The number of phosphoric acid groups is 1. The molecule has 0 fully saturated rings. The number of primary amides is 1. The third-order valence-electron chi connectivity index (χ3n) is 8.90. The van der Waals surface area contributed by atoms with Crippen LogP contribution in [0.2, 0.25) is 0 Å². The highest BCUT2D eigenvalue weighted by Gasteiger charge is 2.31. The number of phosphoric ester groups is 1. The first-order valence-electron chi connectivity index (χ1n) is 18.9. The second kappa shape index (κ2) is 24.0. The maximum atomic E-state index is 13.9. The number of carbonyl (C=O) groups excluding carboxylic acids is 4. The Kier molecular flexibility index (Phi) is 19.5. The summed E-state index contributed by atoms with van der Waals surface area (Å²) in [6.07, 6.45) is 5.93. The molecule has 0 saturated heterocycles. The normalized spacial score (nSPS) is 12.9. The van der Waals surface area contributed by atoms with Crippen molar-refractivity contribution in [2.75, 3.05) is 6.54 Å². The number of unbranched alkanes of at least 4 members (excludes halogenated alkanes) is 4. The molecule has 0 aliphatic heterocycles. The average molecular weight is 765 g/mol. The Morgan fingerprint density at radius 1 is 0.704 bits per heavy atom. The molecule has 0 saturated carbocycles. The van der Waals surface area contributed by atoms with Crippen LogP contribution in [0.1, 0.15) is 95.2 Å². The summed E-state index contributed by atoms with van der Waals surface area (Å²) >= 11 is 0. The Labute approximate surface area is 319 Å². The van der Waals surface area contributed by atoms with Gasteiger partial charge in [-0.2, -0.15) is 0 Å². The van der Waals surface area contributed by atoms with Crippen LogP contribution < -0.4 is 26.2 Å². The molecule has 0 spiro atoms. The zero-order valence-corrected chi connectivity index (χ0v) is 32.7. The first-order chi connectivity index (χ1) is 26.0. The number of benzene rings is 3. The van der Waals surface area contributed by atoms with E-state index in [0.29, 0.717) is 44.2 Å². The van der Waals surface area contributed by atoms with Gasteiger partial charge in [-0.1, -0.05) is 119 Å². The van der Waals surface area contributed by atoms with Crippen LogP contribution in [-0.4, -0.2) is 42.3 Å². The molecule has 0 aromatic heterocycles. The van der Waals surface area contributed by atoms with E-state index in [0.717, 1.165) is 30.4 Å². The predicted molar refractivity (Wildman–Crippen MR) is 209 cm³/mol. The molecule has 0 radical (unpaired) electrons. The molecule has 13 heteroatoms. The van der Waals surface area contributed by atoms with Crippen LogP contribution in [0.3, 0.4) is 0 Å². The minimum atomic E-state index is -4.10. The largest absolute Gasteiger partial charge is 0.530 e. The molecule has 5 N–H and O–H groups in total. The highest BCUT2D eigenvalue weighted by molar-refractivity contribution is 7.48. The SMILES string of the molecule is CCCCCC(=O)NC(Cc1ccc(OP(=O)(OCc2ccccc2)OCc2ccccc2)cc1)C(=O)NC(C(=O)NCCCCCC(N)=O)C(C)CC. The molecule has 3 aromatic rings. The molecule has 3 rings (SSSR count). The standard InChI is InChI=1S/C41H57N4O8P/c1-4-6-10-22-38(47)44-36(40(48)45-39(31(3)5-2)41(49)43-27-16-9-15-21-37(42)46)28-32-23-25-35(26-24-32)53-54(50,51-29-33-17-11-7-12-18-33)52-30-34-19-13-8-14-20-34/h7-8,11-14,17-20,23-26,31,36,39H,4-6,9-10,15-16,21-22,27-30H2,1-3H3,(H2,42,46)(H,43,49)(H,44,47)(H,45,48). The van der Waals surface area contributed by atoms with E-state index < -0.39 is 25.8 Å². The molecule has 54 heavy (non-hydrogen) atoms. The van der Waals surface area contributed by atoms with Gasteiger partial charge >= 0.3 is 7.82 Å². The van der Waals surface area contributed by atoms with Crippen molar-refractivity contribution in [1.29, 1.82) is 0 Å². The lowest BCUT2D eigenvalue weighted by molar-refractivity contribution is -0.133. The van der Waals surface area contributed by atoms with E-state index in [4.69, 9.17) is 19.3 Å². The zero-order valence-electron chi connectivity index (χ0n) is 31.8. The fourth-order valence-electron chi connectivity index (χ4n) is 5.49. The summed E-state index contributed by atoms with van der Waals surface area (Å²) in [5.74, 6) is -1.34. The quantitative estimate of drug-likeness (QED) is 0.0504. The summed E-state index contributed by atoms with van der Waals surface area (Å²) in [4.78, 5) is 51.0. The molecule has 0 heterocycles. The summed E-state index contributed by atoms with van der Waals surface area (Å²) in [5, 5.41) is 8.69. The average Bonchev–Trinajstić information content (AvgIpc) is 3.17. The Hall–Kier alpha value is -4.51. The minimum absolute atomic E-state index is 0.00631.